The molecule has 7 heteroatoms. The summed E-state index contributed by atoms with van der Waals surface area (Å²) in [7, 11) is 0. The minimum absolute atomic E-state index is 0.264. The number of anilines is 1. The first-order chi connectivity index (χ1) is 13.6. The SMILES string of the molecule is C=CCNC(=O)Nc1sc2c(c1C(=S)OCC)CCN(Cc1ccccc1)C2. The van der Waals surface area contributed by atoms with Crippen molar-refractivity contribution >= 4 is 39.6 Å². The Labute approximate surface area is 175 Å². The highest BCUT2D eigenvalue weighted by Crippen LogP contribution is 2.38. The molecule has 1 aromatic carbocycles. The first-order valence-corrected chi connectivity index (χ1v) is 10.6. The molecular formula is C21H25N3O2S2. The van der Waals surface area contributed by atoms with Gasteiger partial charge < -0.3 is 10.1 Å². The van der Waals surface area contributed by atoms with Crippen LogP contribution in [0, 0.1) is 0 Å². The number of thiocarbonyl (C=S) groups is 1. The van der Waals surface area contributed by atoms with E-state index in [0.717, 1.165) is 36.6 Å². The van der Waals surface area contributed by atoms with E-state index in [9.17, 15) is 4.79 Å². The van der Waals surface area contributed by atoms with Gasteiger partial charge in [0.15, 0.2) is 5.05 Å². The Balaban J connectivity index is 1.81. The van der Waals surface area contributed by atoms with E-state index in [4.69, 9.17) is 17.0 Å². The maximum Gasteiger partial charge on any atom is 0.320 e. The van der Waals surface area contributed by atoms with Crippen LogP contribution in [0.25, 0.3) is 0 Å². The molecule has 148 valence electrons. The highest BCUT2D eigenvalue weighted by molar-refractivity contribution is 7.80. The van der Waals surface area contributed by atoms with Crippen molar-refractivity contribution in [2.45, 2.75) is 26.4 Å². The molecule has 3 rings (SSSR count). The van der Waals surface area contributed by atoms with Crippen molar-refractivity contribution in [3.05, 3.63) is 64.6 Å². The van der Waals surface area contributed by atoms with Crippen LogP contribution in [-0.4, -0.2) is 35.7 Å². The number of amides is 2. The standard InChI is InChI=1S/C21H25N3O2S2/c1-3-11-22-21(25)23-19-18(20(27)26-4-2)16-10-12-24(14-17(16)28-19)13-15-8-6-5-7-9-15/h3,5-9H,1,4,10-14H2,2H3,(H2,22,23,25). The minimum Gasteiger partial charge on any atom is -0.483 e. The molecule has 2 N–H and O–H groups in total. The fourth-order valence-electron chi connectivity index (χ4n) is 3.25. The van der Waals surface area contributed by atoms with Crippen molar-refractivity contribution in [1.29, 1.82) is 0 Å². The van der Waals surface area contributed by atoms with Crippen LogP contribution in [0.5, 0.6) is 0 Å². The molecule has 0 atom stereocenters. The van der Waals surface area contributed by atoms with Gasteiger partial charge in [0.05, 0.1) is 12.2 Å². The molecule has 1 aliphatic rings. The second-order valence-electron chi connectivity index (χ2n) is 6.50. The van der Waals surface area contributed by atoms with Gasteiger partial charge in [-0.1, -0.05) is 36.4 Å². The van der Waals surface area contributed by atoms with E-state index in [1.54, 1.807) is 17.4 Å². The zero-order valence-electron chi connectivity index (χ0n) is 16.0. The van der Waals surface area contributed by atoms with Crippen molar-refractivity contribution in [3.8, 4) is 0 Å². The van der Waals surface area contributed by atoms with Gasteiger partial charge in [-0.05, 0) is 36.7 Å². The maximum atomic E-state index is 12.2. The van der Waals surface area contributed by atoms with Crippen LogP contribution >= 0.6 is 23.6 Å². The Morgan fingerprint density at radius 2 is 2.18 bits per heavy atom. The third-order valence-corrected chi connectivity index (χ3v) is 5.95. The fraction of sp³-hybridized carbons (Fsp3) is 0.333. The van der Waals surface area contributed by atoms with Crippen molar-refractivity contribution in [3.63, 3.8) is 0 Å². The van der Waals surface area contributed by atoms with Gasteiger partial charge in [-0.25, -0.2) is 4.79 Å². The van der Waals surface area contributed by atoms with E-state index in [-0.39, 0.29) is 6.03 Å². The Bertz CT molecular complexity index is 849. The summed E-state index contributed by atoms with van der Waals surface area (Å²) in [5.41, 5.74) is 3.37. The molecule has 0 fully saturated rings. The number of thiophene rings is 1. The van der Waals surface area contributed by atoms with Crippen LogP contribution in [-0.2, 0) is 24.2 Å². The van der Waals surface area contributed by atoms with Crippen molar-refractivity contribution < 1.29 is 9.53 Å². The summed E-state index contributed by atoms with van der Waals surface area (Å²) >= 11 is 7.09. The number of carbonyl (C=O) groups is 1. The fourth-order valence-corrected chi connectivity index (χ4v) is 4.94. The third-order valence-electron chi connectivity index (χ3n) is 4.50. The molecule has 2 amide bonds. The molecule has 2 aromatic rings. The molecule has 0 unspecified atom stereocenters. The summed E-state index contributed by atoms with van der Waals surface area (Å²) in [5.74, 6) is 0. The predicted molar refractivity (Wildman–Crippen MR) is 119 cm³/mol. The number of nitrogens with one attached hydrogen (secondary N) is 2. The average Bonchev–Trinajstić information content (AvgIpc) is 3.04. The van der Waals surface area contributed by atoms with Gasteiger partial charge in [0.2, 0.25) is 0 Å². The summed E-state index contributed by atoms with van der Waals surface area (Å²) in [6.07, 6.45) is 2.53. The molecule has 0 aliphatic carbocycles. The Hall–Kier alpha value is -2.22. The van der Waals surface area contributed by atoms with E-state index in [2.05, 4.69) is 46.4 Å². The van der Waals surface area contributed by atoms with Crippen LogP contribution < -0.4 is 10.6 Å². The molecule has 5 nitrogen and oxygen atoms in total. The summed E-state index contributed by atoms with van der Waals surface area (Å²) in [4.78, 5) is 15.8. The van der Waals surface area contributed by atoms with Crippen molar-refractivity contribution in [1.82, 2.24) is 10.2 Å². The van der Waals surface area contributed by atoms with Crippen LogP contribution in [0.4, 0.5) is 9.80 Å². The lowest BCUT2D eigenvalue weighted by Gasteiger charge is -2.27. The molecule has 1 aromatic heterocycles. The van der Waals surface area contributed by atoms with Crippen LogP contribution in [0.3, 0.4) is 0 Å². The van der Waals surface area contributed by atoms with Gasteiger partial charge >= 0.3 is 6.03 Å². The highest BCUT2D eigenvalue weighted by atomic mass is 32.1. The second kappa shape index (κ2) is 9.82. The quantitative estimate of drug-likeness (QED) is 0.522. The molecule has 0 saturated heterocycles. The van der Waals surface area contributed by atoms with E-state index in [0.29, 0.717) is 18.2 Å². The van der Waals surface area contributed by atoms with Gasteiger partial charge in [0.1, 0.15) is 5.00 Å². The first kappa shape index (κ1) is 20.5. The number of hydrogen-bond acceptors (Lipinski definition) is 5. The van der Waals surface area contributed by atoms with Crippen molar-refractivity contribution in [2.24, 2.45) is 0 Å². The molecule has 0 saturated carbocycles. The van der Waals surface area contributed by atoms with Crippen LogP contribution in [0.2, 0.25) is 0 Å². The van der Waals surface area contributed by atoms with E-state index in [1.165, 1.54) is 16.0 Å². The molecular weight excluding hydrogens is 390 g/mol. The number of ether oxygens (including phenoxy) is 1. The highest BCUT2D eigenvalue weighted by Gasteiger charge is 2.27. The Morgan fingerprint density at radius 1 is 1.39 bits per heavy atom. The lowest BCUT2D eigenvalue weighted by atomic mass is 10.0. The Kier molecular flexibility index (Phi) is 7.19. The number of rotatable bonds is 7. The molecule has 0 radical (unpaired) electrons. The van der Waals surface area contributed by atoms with Crippen LogP contribution in [0.15, 0.2) is 43.0 Å². The summed E-state index contributed by atoms with van der Waals surface area (Å²) < 4.78 is 5.61. The largest absolute Gasteiger partial charge is 0.483 e. The Morgan fingerprint density at radius 3 is 2.89 bits per heavy atom. The number of fused-ring (bicyclic) bond motifs is 1. The second-order valence-corrected chi connectivity index (χ2v) is 7.97. The zero-order valence-corrected chi connectivity index (χ0v) is 17.6. The van der Waals surface area contributed by atoms with E-state index in [1.807, 2.05) is 13.0 Å². The molecule has 2 heterocycles. The number of carbonyl (C=O) groups excluding carboxylic acids is 1. The van der Waals surface area contributed by atoms with Gasteiger partial charge in [0.25, 0.3) is 0 Å². The number of nitrogens with zero attached hydrogens (tertiary/aromatic N) is 1. The number of benzene rings is 1. The van der Waals surface area contributed by atoms with E-state index < -0.39 is 0 Å². The zero-order chi connectivity index (χ0) is 19.9. The van der Waals surface area contributed by atoms with Crippen molar-refractivity contribution in [2.75, 3.05) is 25.0 Å². The summed E-state index contributed by atoms with van der Waals surface area (Å²) in [5, 5.41) is 6.90. The van der Waals surface area contributed by atoms with Gasteiger partial charge in [-0.2, -0.15) is 0 Å². The summed E-state index contributed by atoms with van der Waals surface area (Å²) in [6, 6.07) is 10.2. The molecule has 1 aliphatic heterocycles. The van der Waals surface area contributed by atoms with Gasteiger partial charge in [0, 0.05) is 31.1 Å². The smallest absolute Gasteiger partial charge is 0.320 e. The summed E-state index contributed by atoms with van der Waals surface area (Å²) in [6.45, 7) is 9.14. The number of hydrogen-bond donors (Lipinski definition) is 2. The van der Waals surface area contributed by atoms with Gasteiger partial charge in [-0.15, -0.1) is 17.9 Å². The predicted octanol–water partition coefficient (Wildman–Crippen LogP) is 4.33. The van der Waals surface area contributed by atoms with Gasteiger partial charge in [-0.3, -0.25) is 10.2 Å². The number of urea groups is 1. The lowest BCUT2D eigenvalue weighted by Crippen LogP contribution is -2.30. The first-order valence-electron chi connectivity index (χ1n) is 9.36. The normalized spacial score (nSPS) is 13.5. The molecule has 0 spiro atoms. The van der Waals surface area contributed by atoms with E-state index >= 15 is 0 Å². The lowest BCUT2D eigenvalue weighted by molar-refractivity contribution is 0.248. The van der Waals surface area contributed by atoms with Crippen LogP contribution in [0.1, 0.15) is 28.5 Å². The minimum atomic E-state index is -0.264. The molecule has 0 bridgehead atoms. The maximum absolute atomic E-state index is 12.2. The monoisotopic (exact) mass is 415 g/mol. The third kappa shape index (κ3) is 4.98. The molecule has 28 heavy (non-hydrogen) atoms. The topological polar surface area (TPSA) is 53.6 Å². The average molecular weight is 416 g/mol.